The molecule has 1 aliphatic rings. The third-order valence-corrected chi connectivity index (χ3v) is 4.88. The van der Waals surface area contributed by atoms with Crippen molar-refractivity contribution in [2.45, 2.75) is 33.2 Å². The van der Waals surface area contributed by atoms with Crippen molar-refractivity contribution in [1.29, 1.82) is 0 Å². The molecule has 0 N–H and O–H groups in total. The lowest BCUT2D eigenvalue weighted by Crippen LogP contribution is -2.30. The van der Waals surface area contributed by atoms with Gasteiger partial charge in [0.1, 0.15) is 5.82 Å². The zero-order valence-corrected chi connectivity index (χ0v) is 15.1. The van der Waals surface area contributed by atoms with Gasteiger partial charge < -0.3 is 9.32 Å². The van der Waals surface area contributed by atoms with E-state index in [1.54, 1.807) is 24.8 Å². The van der Waals surface area contributed by atoms with Gasteiger partial charge in [0.05, 0.1) is 6.42 Å². The molecule has 0 bridgehead atoms. The summed E-state index contributed by atoms with van der Waals surface area (Å²) in [5.74, 6) is 0.532. The number of rotatable bonds is 3. The van der Waals surface area contributed by atoms with E-state index in [-0.39, 0.29) is 18.1 Å². The molecule has 0 aliphatic carbocycles. The number of amides is 1. The van der Waals surface area contributed by atoms with Gasteiger partial charge >= 0.3 is 0 Å². The third kappa shape index (κ3) is 3.56. The van der Waals surface area contributed by atoms with Gasteiger partial charge in [-0.2, -0.15) is 0 Å². The maximum Gasteiger partial charge on any atom is 0.245 e. The molecule has 1 aromatic carbocycles. The van der Waals surface area contributed by atoms with Crippen LogP contribution in [0.15, 0.2) is 27.1 Å². The van der Waals surface area contributed by atoms with Gasteiger partial charge in [-0.25, -0.2) is 4.39 Å². The number of carbonyl (C=O) groups excluding carboxylic acids is 1. The van der Waals surface area contributed by atoms with E-state index in [1.165, 1.54) is 6.07 Å². The van der Waals surface area contributed by atoms with Crippen LogP contribution in [0.1, 0.15) is 35.7 Å². The summed E-state index contributed by atoms with van der Waals surface area (Å²) in [4.78, 5) is 14.3. The van der Waals surface area contributed by atoms with Crippen LogP contribution in [-0.4, -0.2) is 27.5 Å². The summed E-state index contributed by atoms with van der Waals surface area (Å²) < 4.78 is 20.0. The number of aromatic nitrogens is 2. The van der Waals surface area contributed by atoms with Gasteiger partial charge in [-0.05, 0) is 30.5 Å². The second kappa shape index (κ2) is 6.84. The van der Waals surface area contributed by atoms with E-state index >= 15 is 0 Å². The van der Waals surface area contributed by atoms with Gasteiger partial charge in [0, 0.05) is 30.1 Å². The fourth-order valence-electron chi connectivity index (χ4n) is 2.60. The molecule has 2 heterocycles. The highest BCUT2D eigenvalue weighted by molar-refractivity contribution is 9.11. The summed E-state index contributed by atoms with van der Waals surface area (Å²) in [5.41, 5.74) is 2.09. The van der Waals surface area contributed by atoms with Crippen LogP contribution in [0, 0.1) is 19.7 Å². The third-order valence-electron chi connectivity index (χ3n) is 4.00. The number of aryl methyl sites for hydroxylation is 2. The minimum Gasteiger partial charge on any atom is -0.421 e. The lowest BCUT2D eigenvalue weighted by molar-refractivity contribution is -0.130. The molecule has 24 heavy (non-hydrogen) atoms. The van der Waals surface area contributed by atoms with Crippen molar-refractivity contribution in [2.24, 2.45) is 0 Å². The first-order valence-corrected chi connectivity index (χ1v) is 8.44. The van der Waals surface area contributed by atoms with E-state index in [1.807, 2.05) is 6.07 Å². The van der Waals surface area contributed by atoms with Crippen LogP contribution in [0.5, 0.6) is 0 Å². The Morgan fingerprint density at radius 3 is 2.79 bits per heavy atom. The maximum atomic E-state index is 13.7. The second-order valence-corrected chi connectivity index (χ2v) is 6.79. The Morgan fingerprint density at radius 2 is 2.12 bits per heavy atom. The van der Waals surface area contributed by atoms with Crippen LogP contribution in [0.3, 0.4) is 0 Å². The van der Waals surface area contributed by atoms with Crippen molar-refractivity contribution < 1.29 is 13.6 Å². The van der Waals surface area contributed by atoms with E-state index in [2.05, 4.69) is 26.1 Å². The topological polar surface area (TPSA) is 59.2 Å². The Hall–Kier alpha value is -2.02. The minimum absolute atomic E-state index is 0.0451. The van der Waals surface area contributed by atoms with Crippen LogP contribution >= 0.6 is 15.9 Å². The number of halogens is 2. The van der Waals surface area contributed by atoms with Gasteiger partial charge in [-0.3, -0.25) is 4.79 Å². The lowest BCUT2D eigenvalue weighted by atomic mass is 10.1. The predicted molar refractivity (Wildman–Crippen MR) is 90.7 cm³/mol. The molecule has 0 saturated carbocycles. The monoisotopic (exact) mass is 393 g/mol. The number of hydrogen-bond donors (Lipinski definition) is 0. The molecule has 0 spiro atoms. The molecule has 0 unspecified atom stereocenters. The van der Waals surface area contributed by atoms with Gasteiger partial charge in [0.15, 0.2) is 0 Å². The quantitative estimate of drug-likeness (QED) is 0.796. The van der Waals surface area contributed by atoms with E-state index in [0.717, 1.165) is 15.6 Å². The van der Waals surface area contributed by atoms with Crippen LogP contribution in [-0.2, 0) is 11.3 Å². The Labute approximate surface area is 147 Å². The van der Waals surface area contributed by atoms with Crippen molar-refractivity contribution in [3.8, 4) is 0 Å². The Balaban J connectivity index is 1.77. The highest BCUT2D eigenvalue weighted by atomic mass is 79.9. The van der Waals surface area contributed by atoms with Crippen molar-refractivity contribution in [2.75, 3.05) is 6.54 Å². The number of nitrogens with zero attached hydrogens (tertiary/aromatic N) is 3. The lowest BCUT2D eigenvalue weighted by Gasteiger charge is -2.21. The standard InChI is InChI=1S/C17H17BrFN3O2/c1-10-3-4-12(7-15(10)19)9-22-6-5-14(18)13(8-16(22)23)17-21-20-11(2)24-17/h3-4,7H,5-6,8-9H2,1-2H3. The van der Waals surface area contributed by atoms with Crippen molar-refractivity contribution in [3.63, 3.8) is 0 Å². The fraction of sp³-hybridized carbons (Fsp3) is 0.353. The molecule has 0 atom stereocenters. The summed E-state index contributed by atoms with van der Waals surface area (Å²) in [7, 11) is 0. The summed E-state index contributed by atoms with van der Waals surface area (Å²) in [6.07, 6.45) is 0.827. The SMILES string of the molecule is Cc1nnc(C2=C(Br)CCN(Cc3ccc(C)c(F)c3)C(=O)C2)o1. The molecule has 2 aromatic rings. The van der Waals surface area contributed by atoms with E-state index < -0.39 is 0 Å². The highest BCUT2D eigenvalue weighted by Crippen LogP contribution is 2.31. The molecule has 5 nitrogen and oxygen atoms in total. The van der Waals surface area contributed by atoms with Crippen molar-refractivity contribution >= 4 is 27.4 Å². The Morgan fingerprint density at radius 1 is 1.33 bits per heavy atom. The van der Waals surface area contributed by atoms with Gasteiger partial charge in [-0.15, -0.1) is 10.2 Å². The predicted octanol–water partition coefficient (Wildman–Crippen LogP) is 3.75. The summed E-state index contributed by atoms with van der Waals surface area (Å²) in [5, 5.41) is 7.82. The first-order valence-electron chi connectivity index (χ1n) is 7.65. The number of carbonyl (C=O) groups is 1. The number of hydrogen-bond acceptors (Lipinski definition) is 4. The molecule has 1 amide bonds. The summed E-state index contributed by atoms with van der Waals surface area (Å²) >= 11 is 3.53. The summed E-state index contributed by atoms with van der Waals surface area (Å²) in [6.45, 7) is 4.36. The molecule has 0 fully saturated rings. The Bertz CT molecular complexity index is 816. The molecule has 1 aromatic heterocycles. The van der Waals surface area contributed by atoms with E-state index in [0.29, 0.717) is 36.9 Å². The first-order chi connectivity index (χ1) is 11.4. The second-order valence-electron chi connectivity index (χ2n) is 5.84. The molecule has 0 saturated heterocycles. The van der Waals surface area contributed by atoms with E-state index in [9.17, 15) is 9.18 Å². The zero-order valence-electron chi connectivity index (χ0n) is 13.5. The average Bonchev–Trinajstić information content (AvgIpc) is 2.92. The molecule has 1 aliphatic heterocycles. The highest BCUT2D eigenvalue weighted by Gasteiger charge is 2.25. The molecule has 3 rings (SSSR count). The molecular formula is C17H17BrFN3O2. The van der Waals surface area contributed by atoms with Crippen molar-refractivity contribution in [1.82, 2.24) is 15.1 Å². The smallest absolute Gasteiger partial charge is 0.245 e. The minimum atomic E-state index is -0.254. The van der Waals surface area contributed by atoms with Crippen LogP contribution < -0.4 is 0 Å². The number of benzene rings is 1. The molecule has 7 heteroatoms. The maximum absolute atomic E-state index is 13.7. The first kappa shape index (κ1) is 16.8. The molecular weight excluding hydrogens is 377 g/mol. The Kier molecular flexibility index (Phi) is 4.80. The zero-order chi connectivity index (χ0) is 17.3. The van der Waals surface area contributed by atoms with Gasteiger partial charge in [0.2, 0.25) is 17.7 Å². The van der Waals surface area contributed by atoms with Crippen LogP contribution in [0.2, 0.25) is 0 Å². The van der Waals surface area contributed by atoms with Crippen LogP contribution in [0.25, 0.3) is 5.57 Å². The van der Waals surface area contributed by atoms with Crippen molar-refractivity contribution in [3.05, 3.63) is 51.4 Å². The van der Waals surface area contributed by atoms with Crippen LogP contribution in [0.4, 0.5) is 4.39 Å². The summed E-state index contributed by atoms with van der Waals surface area (Å²) in [6, 6.07) is 5.06. The fourth-order valence-corrected chi connectivity index (χ4v) is 3.09. The molecule has 126 valence electrons. The van der Waals surface area contributed by atoms with E-state index in [4.69, 9.17) is 4.42 Å². The largest absolute Gasteiger partial charge is 0.421 e. The van der Waals surface area contributed by atoms with Gasteiger partial charge in [-0.1, -0.05) is 28.1 Å². The molecule has 0 radical (unpaired) electrons. The normalized spacial score (nSPS) is 15.8. The average molecular weight is 394 g/mol. The van der Waals surface area contributed by atoms with Gasteiger partial charge in [0.25, 0.3) is 0 Å².